The summed E-state index contributed by atoms with van der Waals surface area (Å²) in [7, 11) is 0. The lowest BCUT2D eigenvalue weighted by atomic mass is 10.1. The van der Waals surface area contributed by atoms with Gasteiger partial charge in [0.25, 0.3) is 0 Å². The first kappa shape index (κ1) is 10.4. The van der Waals surface area contributed by atoms with Crippen molar-refractivity contribution in [1.29, 1.82) is 0 Å². The summed E-state index contributed by atoms with van der Waals surface area (Å²) in [5.41, 5.74) is 0.950. The van der Waals surface area contributed by atoms with Crippen molar-refractivity contribution >= 4 is 11.8 Å². The van der Waals surface area contributed by atoms with Crippen LogP contribution in [0.4, 0.5) is 0 Å². The van der Waals surface area contributed by atoms with Crippen molar-refractivity contribution in [3.63, 3.8) is 0 Å². The molecule has 0 unspecified atom stereocenters. The molecule has 4 nitrogen and oxygen atoms in total. The molecule has 0 fully saturated rings. The molecule has 1 rings (SSSR count). The molecule has 0 aliphatic rings. The molecular formula is C10H11NO3. The van der Waals surface area contributed by atoms with E-state index in [1.165, 1.54) is 0 Å². The van der Waals surface area contributed by atoms with Gasteiger partial charge >= 0.3 is 5.97 Å². The van der Waals surface area contributed by atoms with Gasteiger partial charge in [-0.05, 0) is 18.1 Å². The highest BCUT2D eigenvalue weighted by Crippen LogP contribution is 2.02. The first-order valence-electron chi connectivity index (χ1n) is 4.31. The van der Waals surface area contributed by atoms with Gasteiger partial charge in [-0.2, -0.15) is 0 Å². The molecule has 0 radical (unpaired) electrons. The lowest BCUT2D eigenvalue weighted by Crippen LogP contribution is -2.07. The van der Waals surface area contributed by atoms with Crippen molar-refractivity contribution in [1.82, 2.24) is 4.98 Å². The molecule has 0 aliphatic carbocycles. The van der Waals surface area contributed by atoms with E-state index in [0.29, 0.717) is 6.42 Å². The summed E-state index contributed by atoms with van der Waals surface area (Å²) in [5.74, 6) is -1.32. The minimum absolute atomic E-state index is 0.249. The summed E-state index contributed by atoms with van der Waals surface area (Å²) in [4.78, 5) is 25.1. The average Bonchev–Trinajstić information content (AvgIpc) is 2.15. The predicted octanol–water partition coefficient (Wildman–Crippen LogP) is 1.06. The number of hydrogen-bond acceptors (Lipinski definition) is 3. The maximum Gasteiger partial charge on any atom is 0.310 e. The van der Waals surface area contributed by atoms with E-state index >= 15 is 0 Å². The molecule has 0 amide bonds. The van der Waals surface area contributed by atoms with Gasteiger partial charge in [0.15, 0.2) is 0 Å². The van der Waals surface area contributed by atoms with Crippen LogP contribution in [0.3, 0.4) is 0 Å². The summed E-state index contributed by atoms with van der Waals surface area (Å²) in [6.45, 7) is 0. The summed E-state index contributed by atoms with van der Waals surface area (Å²) < 4.78 is 0. The van der Waals surface area contributed by atoms with Crippen LogP contribution in [0.1, 0.15) is 18.4 Å². The third-order valence-corrected chi connectivity index (χ3v) is 1.76. The molecule has 14 heavy (non-hydrogen) atoms. The smallest absolute Gasteiger partial charge is 0.310 e. The SMILES string of the molecule is O=C(O)CC(=O)CCc1cccnc1. The van der Waals surface area contributed by atoms with E-state index < -0.39 is 5.97 Å². The Morgan fingerprint density at radius 3 is 2.79 bits per heavy atom. The first-order chi connectivity index (χ1) is 6.68. The van der Waals surface area contributed by atoms with E-state index in [-0.39, 0.29) is 18.6 Å². The van der Waals surface area contributed by atoms with Crippen LogP contribution in [0.2, 0.25) is 0 Å². The number of pyridine rings is 1. The number of Topliss-reactive ketones (excluding diaryl/α,β-unsaturated/α-hetero) is 1. The molecule has 4 heteroatoms. The van der Waals surface area contributed by atoms with Crippen molar-refractivity contribution in [2.24, 2.45) is 0 Å². The van der Waals surface area contributed by atoms with Gasteiger partial charge in [0.05, 0.1) is 0 Å². The third kappa shape index (κ3) is 3.80. The zero-order valence-electron chi connectivity index (χ0n) is 7.64. The monoisotopic (exact) mass is 193 g/mol. The number of rotatable bonds is 5. The van der Waals surface area contributed by atoms with Crippen LogP contribution < -0.4 is 0 Å². The maximum absolute atomic E-state index is 11.0. The highest BCUT2D eigenvalue weighted by Gasteiger charge is 2.07. The number of carbonyl (C=O) groups excluding carboxylic acids is 1. The highest BCUT2D eigenvalue weighted by molar-refractivity contribution is 5.94. The molecule has 0 saturated carbocycles. The highest BCUT2D eigenvalue weighted by atomic mass is 16.4. The Balaban J connectivity index is 2.34. The largest absolute Gasteiger partial charge is 0.481 e. The Labute approximate surface area is 81.6 Å². The number of aryl methyl sites for hydroxylation is 1. The molecule has 0 atom stereocenters. The molecule has 1 heterocycles. The molecule has 0 aromatic carbocycles. The van der Waals surface area contributed by atoms with Crippen molar-refractivity contribution in [2.45, 2.75) is 19.3 Å². The van der Waals surface area contributed by atoms with E-state index in [1.54, 1.807) is 18.5 Å². The van der Waals surface area contributed by atoms with Crippen LogP contribution in [0, 0.1) is 0 Å². The Hall–Kier alpha value is -1.71. The van der Waals surface area contributed by atoms with Crippen molar-refractivity contribution in [3.05, 3.63) is 30.1 Å². The third-order valence-electron chi connectivity index (χ3n) is 1.76. The van der Waals surface area contributed by atoms with Gasteiger partial charge in [-0.1, -0.05) is 6.07 Å². The maximum atomic E-state index is 11.0. The van der Waals surface area contributed by atoms with Crippen LogP contribution in [0.5, 0.6) is 0 Å². The Kier molecular flexibility index (Phi) is 3.79. The fourth-order valence-corrected chi connectivity index (χ4v) is 1.09. The minimum atomic E-state index is -1.07. The van der Waals surface area contributed by atoms with Crippen molar-refractivity contribution in [3.8, 4) is 0 Å². The number of aromatic nitrogens is 1. The number of hydrogen-bond donors (Lipinski definition) is 1. The van der Waals surface area contributed by atoms with Crippen molar-refractivity contribution in [2.75, 3.05) is 0 Å². The van der Waals surface area contributed by atoms with Gasteiger partial charge in [0.1, 0.15) is 12.2 Å². The van der Waals surface area contributed by atoms with Crippen LogP contribution in [0.25, 0.3) is 0 Å². The summed E-state index contributed by atoms with van der Waals surface area (Å²) in [6, 6.07) is 3.65. The van der Waals surface area contributed by atoms with Gasteiger partial charge in [0, 0.05) is 18.8 Å². The summed E-state index contributed by atoms with van der Waals surface area (Å²) in [6.07, 6.45) is 3.76. The topological polar surface area (TPSA) is 67.3 Å². The first-order valence-corrected chi connectivity index (χ1v) is 4.31. The molecule has 0 bridgehead atoms. The normalized spacial score (nSPS) is 9.71. The Morgan fingerprint density at radius 1 is 1.43 bits per heavy atom. The molecule has 0 spiro atoms. The average molecular weight is 193 g/mol. The standard InChI is InChI=1S/C10H11NO3/c12-9(6-10(13)14)4-3-8-2-1-5-11-7-8/h1-2,5,7H,3-4,6H2,(H,13,14). The molecule has 0 aliphatic heterocycles. The zero-order chi connectivity index (χ0) is 10.4. The van der Waals surface area contributed by atoms with E-state index in [9.17, 15) is 9.59 Å². The van der Waals surface area contributed by atoms with Gasteiger partial charge in [-0.15, -0.1) is 0 Å². The quantitative estimate of drug-likeness (QED) is 0.710. The van der Waals surface area contributed by atoms with Gasteiger partial charge in [-0.25, -0.2) is 0 Å². The molecule has 1 aromatic heterocycles. The summed E-state index contributed by atoms with van der Waals surface area (Å²) in [5, 5.41) is 8.35. The van der Waals surface area contributed by atoms with Crippen LogP contribution in [-0.2, 0) is 16.0 Å². The molecule has 74 valence electrons. The van der Waals surface area contributed by atoms with Crippen molar-refractivity contribution < 1.29 is 14.7 Å². The summed E-state index contributed by atoms with van der Waals surface area (Å²) >= 11 is 0. The number of nitrogens with zero attached hydrogens (tertiary/aromatic N) is 1. The second kappa shape index (κ2) is 5.11. The second-order valence-corrected chi connectivity index (χ2v) is 2.97. The van der Waals surface area contributed by atoms with E-state index in [4.69, 9.17) is 5.11 Å². The minimum Gasteiger partial charge on any atom is -0.481 e. The number of ketones is 1. The van der Waals surface area contributed by atoms with Crippen LogP contribution in [-0.4, -0.2) is 21.8 Å². The number of carboxylic acid groups (broad SMARTS) is 1. The molecule has 0 saturated heterocycles. The number of carboxylic acids is 1. The number of carbonyl (C=O) groups is 2. The fourth-order valence-electron chi connectivity index (χ4n) is 1.09. The molecule has 1 N–H and O–H groups in total. The lowest BCUT2D eigenvalue weighted by Gasteiger charge is -1.98. The van der Waals surface area contributed by atoms with E-state index in [1.807, 2.05) is 6.07 Å². The van der Waals surface area contributed by atoms with Crippen LogP contribution >= 0.6 is 0 Å². The zero-order valence-corrected chi connectivity index (χ0v) is 7.64. The molecular weight excluding hydrogens is 182 g/mol. The second-order valence-electron chi connectivity index (χ2n) is 2.97. The number of aliphatic carboxylic acids is 1. The van der Waals surface area contributed by atoms with Gasteiger partial charge in [0.2, 0.25) is 0 Å². The van der Waals surface area contributed by atoms with E-state index in [0.717, 1.165) is 5.56 Å². The predicted molar refractivity (Wildman–Crippen MR) is 49.8 cm³/mol. The fraction of sp³-hybridized carbons (Fsp3) is 0.300. The lowest BCUT2D eigenvalue weighted by molar-refractivity contribution is -0.140. The van der Waals surface area contributed by atoms with E-state index in [2.05, 4.69) is 4.98 Å². The van der Waals surface area contributed by atoms with Crippen LogP contribution in [0.15, 0.2) is 24.5 Å². The molecule has 1 aromatic rings. The van der Waals surface area contributed by atoms with Gasteiger partial charge < -0.3 is 5.11 Å². The Morgan fingerprint density at radius 2 is 2.21 bits per heavy atom. The Bertz CT molecular complexity index is 321. The van der Waals surface area contributed by atoms with Gasteiger partial charge in [-0.3, -0.25) is 14.6 Å².